The Bertz CT molecular complexity index is 60.0. The van der Waals surface area contributed by atoms with Gasteiger partial charge < -0.3 is 2.84 Å². The molecular formula is C4H11Al2ClO. The highest BCUT2D eigenvalue weighted by Crippen LogP contribution is 2.07. The summed E-state index contributed by atoms with van der Waals surface area (Å²) in [6, 6.07) is 0. The minimum Gasteiger partial charge on any atom is -0.630 e. The van der Waals surface area contributed by atoms with Crippen LogP contribution in [0.15, 0.2) is 0 Å². The van der Waals surface area contributed by atoms with Gasteiger partial charge >= 0.3 is 30.2 Å². The van der Waals surface area contributed by atoms with E-state index in [1.807, 2.05) is 0 Å². The zero-order valence-corrected chi connectivity index (χ0v) is 9.56. The maximum absolute atomic E-state index is 5.81. The van der Waals surface area contributed by atoms with E-state index in [1.165, 1.54) is 0 Å². The SMILES string of the molecule is CC(C)[CH2][Al]([Cl])[O][AlH2]. The molecule has 4 heteroatoms. The van der Waals surface area contributed by atoms with Crippen LogP contribution in [0, 0.1) is 5.92 Å². The van der Waals surface area contributed by atoms with Gasteiger partial charge in [-0.1, -0.05) is 25.0 Å². The van der Waals surface area contributed by atoms with Crippen molar-refractivity contribution in [2.24, 2.45) is 5.92 Å². The second-order valence-electron chi connectivity index (χ2n) is 2.28. The molecule has 0 heterocycles. The summed E-state index contributed by atoms with van der Waals surface area (Å²) < 4.78 is 5.10. The molecule has 1 nitrogen and oxygen atoms in total. The van der Waals surface area contributed by atoms with Crippen LogP contribution in [0.1, 0.15) is 13.8 Å². The summed E-state index contributed by atoms with van der Waals surface area (Å²) in [6.45, 7) is 4.34. The molecule has 0 aliphatic carbocycles. The van der Waals surface area contributed by atoms with Crippen molar-refractivity contribution in [1.82, 2.24) is 0 Å². The quantitative estimate of drug-likeness (QED) is 0.564. The van der Waals surface area contributed by atoms with Gasteiger partial charge in [0.05, 0.1) is 0 Å². The normalized spacial score (nSPS) is 10.0. The zero-order valence-electron chi connectivity index (χ0n) is 5.65. The average molecular weight is 165 g/mol. The van der Waals surface area contributed by atoms with Crippen LogP contribution >= 0.6 is 10.0 Å². The number of halogens is 1. The number of hydrogen-bond donors (Lipinski definition) is 0. The van der Waals surface area contributed by atoms with Crippen LogP contribution in [-0.4, -0.2) is 30.2 Å². The molecule has 0 aliphatic rings. The predicted octanol–water partition coefficient (Wildman–Crippen LogP) is 0.934. The Kier molecular flexibility index (Phi) is 5.97. The second kappa shape index (κ2) is 5.13. The van der Waals surface area contributed by atoms with Gasteiger partial charge in [0.2, 0.25) is 0 Å². The molecule has 46 valence electrons. The largest absolute Gasteiger partial charge is 0.630 e. The van der Waals surface area contributed by atoms with Crippen LogP contribution < -0.4 is 0 Å². The second-order valence-corrected chi connectivity index (χ2v) is 6.91. The van der Waals surface area contributed by atoms with E-state index in [0.717, 1.165) is 21.9 Å². The first-order chi connectivity index (χ1) is 3.66. The Labute approximate surface area is 68.0 Å². The maximum atomic E-state index is 5.81. The monoisotopic (exact) mass is 164 g/mol. The van der Waals surface area contributed by atoms with Crippen molar-refractivity contribution in [2.75, 3.05) is 0 Å². The molecule has 0 aliphatic heterocycles. The van der Waals surface area contributed by atoms with Crippen molar-refractivity contribution in [1.29, 1.82) is 0 Å². The van der Waals surface area contributed by atoms with Gasteiger partial charge in [-0.15, -0.1) is 0 Å². The summed E-state index contributed by atoms with van der Waals surface area (Å²) in [5.41, 5.74) is 0. The molecular weight excluding hydrogens is 153 g/mol. The fraction of sp³-hybridized carbons (Fsp3) is 1.00. The standard InChI is InChI=1S/C4H9.2Al.ClH.O.2H/c1-4(2)3;;;;;;/h4H,1H2,2-3H3;;;1H;;;/q;;+1;;;;/p-1. The number of hydrogen-bond acceptors (Lipinski definition) is 1. The van der Waals surface area contributed by atoms with Crippen molar-refractivity contribution >= 4 is 40.2 Å². The molecule has 8 heavy (non-hydrogen) atoms. The van der Waals surface area contributed by atoms with E-state index < -0.39 is 13.6 Å². The Balaban J connectivity index is 3.10. The highest BCUT2D eigenvalue weighted by molar-refractivity contribution is 7.04. The highest BCUT2D eigenvalue weighted by atomic mass is 35.6. The molecule has 0 amide bonds. The lowest BCUT2D eigenvalue weighted by molar-refractivity contribution is 0.616. The van der Waals surface area contributed by atoms with Crippen LogP contribution in [0.3, 0.4) is 0 Å². The van der Waals surface area contributed by atoms with Gasteiger partial charge in [0, 0.05) is 0 Å². The van der Waals surface area contributed by atoms with Crippen molar-refractivity contribution in [3.05, 3.63) is 0 Å². The van der Waals surface area contributed by atoms with Crippen molar-refractivity contribution < 1.29 is 2.84 Å². The lowest BCUT2D eigenvalue weighted by Gasteiger charge is -2.04. The van der Waals surface area contributed by atoms with Gasteiger partial charge in [-0.05, 0) is 0 Å². The van der Waals surface area contributed by atoms with Crippen LogP contribution in [0.2, 0.25) is 5.28 Å². The molecule has 0 aromatic rings. The minimum absolute atomic E-state index is 0.707. The molecule has 0 saturated carbocycles. The maximum Gasteiger partial charge on any atom is 0.561 e. The third-order valence-corrected chi connectivity index (χ3v) is 6.41. The minimum atomic E-state index is -1.21. The van der Waals surface area contributed by atoms with E-state index in [-0.39, 0.29) is 0 Å². The molecule has 0 aromatic heterocycles. The zero-order chi connectivity index (χ0) is 6.57. The van der Waals surface area contributed by atoms with E-state index >= 15 is 0 Å². The smallest absolute Gasteiger partial charge is 0.561 e. The molecule has 0 radical (unpaired) electrons. The fourth-order valence-corrected chi connectivity index (χ4v) is 3.05. The molecule has 0 spiro atoms. The summed E-state index contributed by atoms with van der Waals surface area (Å²) in [5.74, 6) is 0.707. The van der Waals surface area contributed by atoms with E-state index in [4.69, 9.17) is 12.9 Å². The van der Waals surface area contributed by atoms with Crippen molar-refractivity contribution in [3.8, 4) is 0 Å². The van der Waals surface area contributed by atoms with Crippen LogP contribution in [0.4, 0.5) is 0 Å². The summed E-state index contributed by atoms with van der Waals surface area (Å²) in [6.07, 6.45) is 0. The van der Waals surface area contributed by atoms with Crippen molar-refractivity contribution in [2.45, 2.75) is 19.1 Å². The molecule has 0 rings (SSSR count). The Morgan fingerprint density at radius 3 is 2.38 bits per heavy atom. The summed E-state index contributed by atoms with van der Waals surface area (Å²) >= 11 is -0.397. The Morgan fingerprint density at radius 2 is 2.25 bits per heavy atom. The molecule has 0 unspecified atom stereocenters. The van der Waals surface area contributed by atoms with Gasteiger partial charge in [0.1, 0.15) is 0 Å². The average Bonchev–Trinajstić information content (AvgIpc) is 1.65. The fourth-order valence-electron chi connectivity index (χ4n) is 0.467. The van der Waals surface area contributed by atoms with Gasteiger partial charge in [0.15, 0.2) is 0 Å². The first-order valence-electron chi connectivity index (χ1n) is 2.83. The van der Waals surface area contributed by atoms with Crippen LogP contribution in [0.5, 0.6) is 0 Å². The van der Waals surface area contributed by atoms with Gasteiger partial charge in [0.25, 0.3) is 0 Å². The van der Waals surface area contributed by atoms with Gasteiger partial charge in [-0.3, -0.25) is 0 Å². The van der Waals surface area contributed by atoms with Crippen molar-refractivity contribution in [3.63, 3.8) is 0 Å². The topological polar surface area (TPSA) is 9.23 Å². The molecule has 0 fully saturated rings. The highest BCUT2D eigenvalue weighted by Gasteiger charge is 2.15. The Hall–Kier alpha value is 1.31. The first-order valence-corrected chi connectivity index (χ1v) is 6.68. The van der Waals surface area contributed by atoms with E-state index in [2.05, 4.69) is 13.8 Å². The van der Waals surface area contributed by atoms with Crippen LogP contribution in [0.25, 0.3) is 0 Å². The molecule has 0 N–H and O–H groups in total. The number of rotatable bonds is 3. The molecule has 0 atom stereocenters. The van der Waals surface area contributed by atoms with E-state index in [9.17, 15) is 0 Å². The summed E-state index contributed by atoms with van der Waals surface area (Å²) in [7, 11) is 5.81. The third kappa shape index (κ3) is 5.45. The summed E-state index contributed by atoms with van der Waals surface area (Å²) in [5, 5.41) is 1.10. The molecule has 0 aromatic carbocycles. The first kappa shape index (κ1) is 9.31. The lowest BCUT2D eigenvalue weighted by atomic mass is 10.3. The lowest BCUT2D eigenvalue weighted by Crippen LogP contribution is -2.10. The summed E-state index contributed by atoms with van der Waals surface area (Å²) in [4.78, 5) is 0. The van der Waals surface area contributed by atoms with Gasteiger partial charge in [-0.2, -0.15) is 0 Å². The predicted molar refractivity (Wildman–Crippen MR) is 40.9 cm³/mol. The van der Waals surface area contributed by atoms with E-state index in [0.29, 0.717) is 5.92 Å². The van der Waals surface area contributed by atoms with Crippen LogP contribution in [-0.2, 0) is 2.84 Å². The van der Waals surface area contributed by atoms with Gasteiger partial charge in [-0.25, -0.2) is 10.0 Å². The molecule has 0 bridgehead atoms. The third-order valence-electron chi connectivity index (χ3n) is 0.912. The Morgan fingerprint density at radius 1 is 1.75 bits per heavy atom. The van der Waals surface area contributed by atoms with E-state index in [1.54, 1.807) is 0 Å². The molecule has 0 saturated heterocycles.